The molecule has 0 saturated carbocycles. The van der Waals surface area contributed by atoms with E-state index >= 15 is 0 Å². The second kappa shape index (κ2) is 14.0. The van der Waals surface area contributed by atoms with Crippen LogP contribution >= 0.6 is 23.2 Å². The molecular weight excluding hydrogens is 525 g/mol. The van der Waals surface area contributed by atoms with Crippen molar-refractivity contribution in [1.29, 1.82) is 0 Å². The summed E-state index contributed by atoms with van der Waals surface area (Å²) in [6.07, 6.45) is 10.0. The molecule has 0 aliphatic carbocycles. The molecule has 0 amide bonds. The van der Waals surface area contributed by atoms with Crippen molar-refractivity contribution in [2.75, 3.05) is 58.8 Å². The number of unbranched alkanes of at least 4 members (excludes halogenated alkanes) is 5. The molecule has 0 radical (unpaired) electrons. The number of ether oxygens (including phenoxy) is 2. The topological polar surface area (TPSA) is 82.7 Å². The van der Waals surface area contributed by atoms with Crippen molar-refractivity contribution >= 4 is 45.5 Å². The number of nitrogens with one attached hydrogen (secondary N) is 2. The van der Waals surface area contributed by atoms with E-state index in [9.17, 15) is 4.79 Å². The van der Waals surface area contributed by atoms with Gasteiger partial charge in [0, 0.05) is 50.0 Å². The predicted octanol–water partition coefficient (Wildman–Crippen LogP) is 5.95. The molecule has 1 fully saturated rings. The fourth-order valence-electron chi connectivity index (χ4n) is 4.74. The van der Waals surface area contributed by atoms with Crippen molar-refractivity contribution in [3.8, 4) is 11.5 Å². The van der Waals surface area contributed by atoms with Gasteiger partial charge in [-0.1, -0.05) is 48.9 Å². The summed E-state index contributed by atoms with van der Waals surface area (Å²) >= 11 is 12.6. The molecule has 1 aliphatic heterocycles. The van der Waals surface area contributed by atoms with Crippen LogP contribution in [0.2, 0.25) is 10.0 Å². The minimum absolute atomic E-state index is 0.282. The zero-order valence-corrected chi connectivity index (χ0v) is 23.7. The van der Waals surface area contributed by atoms with Gasteiger partial charge < -0.3 is 29.6 Å². The van der Waals surface area contributed by atoms with Crippen LogP contribution in [0.25, 0.3) is 10.9 Å². The molecule has 4 rings (SSSR count). The Morgan fingerprint density at radius 1 is 1.00 bits per heavy atom. The summed E-state index contributed by atoms with van der Waals surface area (Å²) < 4.78 is 11.7. The molecule has 3 aromatic rings. The van der Waals surface area contributed by atoms with Crippen LogP contribution in [0.4, 0.5) is 11.4 Å². The third-order valence-electron chi connectivity index (χ3n) is 6.98. The predicted molar refractivity (Wildman–Crippen MR) is 156 cm³/mol. The highest BCUT2D eigenvalue weighted by Crippen LogP contribution is 2.39. The Bertz CT molecular complexity index is 1240. The van der Waals surface area contributed by atoms with Gasteiger partial charge in [0.1, 0.15) is 0 Å². The molecule has 0 bridgehead atoms. The Hall–Kier alpha value is -2.52. The quantitative estimate of drug-likeness (QED) is 0.249. The van der Waals surface area contributed by atoms with Crippen molar-refractivity contribution in [1.82, 2.24) is 19.8 Å². The molecule has 1 aromatic carbocycles. The Kier molecular flexibility index (Phi) is 10.5. The fourth-order valence-corrected chi connectivity index (χ4v) is 5.20. The molecule has 2 N–H and O–H groups in total. The highest BCUT2D eigenvalue weighted by Gasteiger charge is 2.16. The van der Waals surface area contributed by atoms with Crippen LogP contribution in [0.1, 0.15) is 38.5 Å². The molecule has 10 heteroatoms. The van der Waals surface area contributed by atoms with Gasteiger partial charge >= 0.3 is 0 Å². The molecule has 1 aliphatic rings. The minimum Gasteiger partial charge on any atom is -0.493 e. The van der Waals surface area contributed by atoms with Gasteiger partial charge in [-0.2, -0.15) is 0 Å². The van der Waals surface area contributed by atoms with E-state index in [4.69, 9.17) is 32.7 Å². The van der Waals surface area contributed by atoms with Crippen molar-refractivity contribution < 1.29 is 9.47 Å². The molecule has 206 valence electrons. The van der Waals surface area contributed by atoms with Crippen LogP contribution in [0.3, 0.4) is 0 Å². The van der Waals surface area contributed by atoms with E-state index in [0.717, 1.165) is 18.2 Å². The number of hydrogen-bond donors (Lipinski definition) is 2. The smallest absolute Gasteiger partial charge is 0.250 e. The summed E-state index contributed by atoms with van der Waals surface area (Å²) in [7, 11) is 3.79. The van der Waals surface area contributed by atoms with E-state index in [1.807, 2.05) is 12.1 Å². The van der Waals surface area contributed by atoms with Gasteiger partial charge in [-0.3, -0.25) is 9.78 Å². The van der Waals surface area contributed by atoms with Gasteiger partial charge in [0.15, 0.2) is 11.5 Å². The van der Waals surface area contributed by atoms with Crippen LogP contribution in [0, 0.1) is 0 Å². The van der Waals surface area contributed by atoms with E-state index in [0.29, 0.717) is 45.0 Å². The van der Waals surface area contributed by atoms with Gasteiger partial charge in [-0.15, -0.1) is 0 Å². The first-order valence-electron chi connectivity index (χ1n) is 13.3. The fraction of sp³-hybridized carbons (Fsp3) is 0.500. The Labute approximate surface area is 234 Å². The number of fused-ring (bicyclic) bond motifs is 1. The van der Waals surface area contributed by atoms with Crippen LogP contribution in [-0.2, 0) is 0 Å². The second-order valence-corrected chi connectivity index (χ2v) is 10.6. The first-order chi connectivity index (χ1) is 18.5. The first kappa shape index (κ1) is 28.5. The Balaban J connectivity index is 1.31. The lowest BCUT2D eigenvalue weighted by Crippen LogP contribution is -2.44. The minimum atomic E-state index is -0.282. The van der Waals surface area contributed by atoms with Gasteiger partial charge in [0.2, 0.25) is 0 Å². The van der Waals surface area contributed by atoms with Crippen molar-refractivity contribution in [2.45, 2.75) is 38.5 Å². The molecule has 0 spiro atoms. The molecule has 0 atom stereocenters. The van der Waals surface area contributed by atoms with E-state index in [1.165, 1.54) is 76.9 Å². The third-order valence-corrected chi connectivity index (χ3v) is 7.55. The number of piperazine rings is 1. The SMILES string of the molecule is COc1ccc2c(Nc3c(Cl)cncc3Cl)cc(=O)[nH]c2c1OCCCCCCCCN1CCN(C)CC1. The van der Waals surface area contributed by atoms with Crippen LogP contribution in [0.15, 0.2) is 35.4 Å². The summed E-state index contributed by atoms with van der Waals surface area (Å²) in [6, 6.07) is 5.16. The highest BCUT2D eigenvalue weighted by atomic mass is 35.5. The third kappa shape index (κ3) is 7.53. The van der Waals surface area contributed by atoms with E-state index < -0.39 is 0 Å². The van der Waals surface area contributed by atoms with Crippen LogP contribution in [0.5, 0.6) is 11.5 Å². The lowest BCUT2D eigenvalue weighted by molar-refractivity contribution is 0.152. The summed E-state index contributed by atoms with van der Waals surface area (Å²) in [5, 5.41) is 4.65. The van der Waals surface area contributed by atoms with Gasteiger partial charge in [0.05, 0.1) is 40.7 Å². The number of anilines is 2. The average molecular weight is 563 g/mol. The van der Waals surface area contributed by atoms with Crippen LogP contribution < -0.4 is 20.3 Å². The summed E-state index contributed by atoms with van der Waals surface area (Å²) in [5.41, 5.74) is 1.32. The zero-order chi connectivity index (χ0) is 26.9. The standard InChI is InChI=1S/C28H37Cl2N5O3/c1-34-12-14-35(15-13-34)11-7-5-3-4-6-8-16-38-28-24(37-2)10-9-20-23(17-25(36)33-26(20)28)32-27-21(29)18-31-19-22(27)30/h9-10,17-19H,3-8,11-16H2,1-2H3,(H2,31,32,33,36). The van der Waals surface area contributed by atoms with Gasteiger partial charge in [0.25, 0.3) is 5.56 Å². The van der Waals surface area contributed by atoms with E-state index in [1.54, 1.807) is 7.11 Å². The van der Waals surface area contributed by atoms with E-state index in [2.05, 4.69) is 32.1 Å². The summed E-state index contributed by atoms with van der Waals surface area (Å²) in [4.78, 5) is 24.4. The number of benzene rings is 1. The highest BCUT2D eigenvalue weighted by molar-refractivity contribution is 6.39. The molecule has 3 heterocycles. The molecule has 0 unspecified atom stereocenters. The van der Waals surface area contributed by atoms with Gasteiger partial charge in [-0.25, -0.2) is 0 Å². The lowest BCUT2D eigenvalue weighted by atomic mass is 10.1. The maximum atomic E-state index is 12.6. The number of halogens is 2. The average Bonchev–Trinajstić information content (AvgIpc) is 2.90. The molecule has 38 heavy (non-hydrogen) atoms. The maximum Gasteiger partial charge on any atom is 0.250 e. The molecular formula is C28H37Cl2N5O3. The largest absolute Gasteiger partial charge is 0.493 e. The molecule has 8 nitrogen and oxygen atoms in total. The Morgan fingerprint density at radius 2 is 1.68 bits per heavy atom. The Morgan fingerprint density at radius 3 is 2.39 bits per heavy atom. The van der Waals surface area contributed by atoms with Crippen molar-refractivity contribution in [2.24, 2.45) is 0 Å². The number of pyridine rings is 2. The summed E-state index contributed by atoms with van der Waals surface area (Å²) in [6.45, 7) is 6.51. The lowest BCUT2D eigenvalue weighted by Gasteiger charge is -2.32. The number of aromatic amines is 1. The summed E-state index contributed by atoms with van der Waals surface area (Å²) in [5.74, 6) is 1.08. The molecule has 1 saturated heterocycles. The number of rotatable bonds is 13. The van der Waals surface area contributed by atoms with Crippen molar-refractivity contribution in [3.63, 3.8) is 0 Å². The van der Waals surface area contributed by atoms with Gasteiger partial charge in [-0.05, 0) is 38.6 Å². The van der Waals surface area contributed by atoms with E-state index in [-0.39, 0.29) is 5.56 Å². The monoisotopic (exact) mass is 561 g/mol. The number of methoxy groups -OCH3 is 1. The molecule has 2 aromatic heterocycles. The normalized spacial score (nSPS) is 14.6. The number of aromatic nitrogens is 2. The van der Waals surface area contributed by atoms with Crippen LogP contribution in [-0.4, -0.2) is 73.3 Å². The first-order valence-corrected chi connectivity index (χ1v) is 14.1. The number of hydrogen-bond acceptors (Lipinski definition) is 7. The second-order valence-electron chi connectivity index (χ2n) is 9.78. The zero-order valence-electron chi connectivity index (χ0n) is 22.2. The van der Waals surface area contributed by atoms with Crippen molar-refractivity contribution in [3.05, 3.63) is 51.0 Å². The number of H-pyrrole nitrogens is 1. The number of nitrogens with zero attached hydrogens (tertiary/aromatic N) is 3. The number of likely N-dealkylation sites (N-methyl/N-ethyl adjacent to an activating group) is 1. The maximum absolute atomic E-state index is 12.6.